The monoisotopic (exact) mass is 360 g/mol. The molecule has 0 aliphatic rings. The molecule has 1 aromatic heterocycles. The summed E-state index contributed by atoms with van der Waals surface area (Å²) in [7, 11) is 1.78. The Kier molecular flexibility index (Phi) is 6.82. The molecule has 2 rings (SSSR count). The number of para-hydroxylation sites is 1. The average Bonchev–Trinajstić information content (AvgIpc) is 2.96. The second kappa shape index (κ2) is 8.85. The number of benzene rings is 1. The predicted molar refractivity (Wildman–Crippen MR) is 106 cm³/mol. The minimum Gasteiger partial charge on any atom is -0.488 e. The van der Waals surface area contributed by atoms with E-state index in [1.54, 1.807) is 18.4 Å². The lowest BCUT2D eigenvalue weighted by molar-refractivity contribution is 0.129. The zero-order chi connectivity index (χ0) is 18.3. The first-order valence-electron chi connectivity index (χ1n) is 8.50. The minimum atomic E-state index is -0.220. The molecular formula is C19H28N4OS. The number of ether oxygens (including phenoxy) is 1. The Labute approximate surface area is 154 Å². The summed E-state index contributed by atoms with van der Waals surface area (Å²) in [5, 5.41) is 7.82. The van der Waals surface area contributed by atoms with Crippen molar-refractivity contribution in [2.75, 3.05) is 13.6 Å². The summed E-state index contributed by atoms with van der Waals surface area (Å²) in [6.07, 6.45) is 2.81. The Balaban J connectivity index is 1.86. The largest absolute Gasteiger partial charge is 0.488 e. The van der Waals surface area contributed by atoms with Gasteiger partial charge in [0.15, 0.2) is 5.96 Å². The fourth-order valence-corrected chi connectivity index (χ4v) is 3.07. The van der Waals surface area contributed by atoms with Gasteiger partial charge in [0.05, 0.1) is 5.01 Å². The van der Waals surface area contributed by atoms with Gasteiger partial charge in [0.1, 0.15) is 11.4 Å². The van der Waals surface area contributed by atoms with Crippen molar-refractivity contribution in [2.45, 2.75) is 46.3 Å². The van der Waals surface area contributed by atoms with E-state index in [0.717, 1.165) is 35.2 Å². The Hall–Kier alpha value is -2.08. The van der Waals surface area contributed by atoms with E-state index in [-0.39, 0.29) is 5.60 Å². The third-order valence-corrected chi connectivity index (χ3v) is 4.33. The van der Waals surface area contributed by atoms with Gasteiger partial charge in [-0.15, -0.1) is 11.3 Å². The molecule has 0 aliphatic carbocycles. The molecule has 0 unspecified atom stereocenters. The summed E-state index contributed by atoms with van der Waals surface area (Å²) in [5.41, 5.74) is 0.887. The number of nitrogens with zero attached hydrogens (tertiary/aromatic N) is 2. The summed E-state index contributed by atoms with van der Waals surface area (Å²) in [6, 6.07) is 8.09. The first-order valence-corrected chi connectivity index (χ1v) is 9.32. The molecule has 0 radical (unpaired) electrons. The van der Waals surface area contributed by atoms with Crippen LogP contribution in [0.3, 0.4) is 0 Å². The van der Waals surface area contributed by atoms with E-state index in [1.807, 2.05) is 24.4 Å². The Morgan fingerprint density at radius 1 is 1.24 bits per heavy atom. The molecule has 0 fully saturated rings. The second-order valence-corrected chi connectivity index (χ2v) is 8.11. The average molecular weight is 361 g/mol. The van der Waals surface area contributed by atoms with Crippen LogP contribution < -0.4 is 15.4 Å². The van der Waals surface area contributed by atoms with E-state index >= 15 is 0 Å². The lowest BCUT2D eigenvalue weighted by Crippen LogP contribution is -2.38. The van der Waals surface area contributed by atoms with Crippen molar-refractivity contribution in [1.29, 1.82) is 0 Å². The summed E-state index contributed by atoms with van der Waals surface area (Å²) < 4.78 is 6.03. The molecule has 136 valence electrons. The van der Waals surface area contributed by atoms with Gasteiger partial charge in [0.25, 0.3) is 0 Å². The van der Waals surface area contributed by atoms with Crippen molar-refractivity contribution in [2.24, 2.45) is 4.99 Å². The number of thiazole rings is 1. The molecule has 6 heteroatoms. The van der Waals surface area contributed by atoms with Crippen molar-refractivity contribution in [3.05, 3.63) is 45.9 Å². The van der Waals surface area contributed by atoms with Crippen LogP contribution in [-0.2, 0) is 13.0 Å². The van der Waals surface area contributed by atoms with Crippen LogP contribution in [0.15, 0.2) is 35.5 Å². The van der Waals surface area contributed by atoms with Crippen LogP contribution in [0.4, 0.5) is 0 Å². The number of aliphatic imine (C=N–C) groups is 1. The van der Waals surface area contributed by atoms with Crippen molar-refractivity contribution >= 4 is 17.3 Å². The summed E-state index contributed by atoms with van der Waals surface area (Å²) >= 11 is 1.74. The first-order chi connectivity index (χ1) is 11.9. The van der Waals surface area contributed by atoms with Crippen LogP contribution in [0.1, 0.15) is 36.2 Å². The maximum atomic E-state index is 6.03. The summed E-state index contributed by atoms with van der Waals surface area (Å²) in [6.45, 7) is 9.69. The van der Waals surface area contributed by atoms with Gasteiger partial charge in [-0.2, -0.15) is 0 Å². The predicted octanol–water partition coefficient (Wildman–Crippen LogP) is 3.54. The molecule has 5 nitrogen and oxygen atoms in total. The van der Waals surface area contributed by atoms with Gasteiger partial charge in [-0.1, -0.05) is 18.2 Å². The molecule has 0 bridgehead atoms. The highest BCUT2D eigenvalue weighted by molar-refractivity contribution is 7.11. The summed E-state index contributed by atoms with van der Waals surface area (Å²) in [5.74, 6) is 1.68. The number of nitrogens with one attached hydrogen (secondary N) is 2. The highest BCUT2D eigenvalue weighted by Crippen LogP contribution is 2.22. The van der Waals surface area contributed by atoms with Crippen LogP contribution in [0.5, 0.6) is 5.75 Å². The molecule has 0 saturated heterocycles. The fraction of sp³-hybridized carbons (Fsp3) is 0.474. The quantitative estimate of drug-likeness (QED) is 0.611. The van der Waals surface area contributed by atoms with Gasteiger partial charge in [-0.25, -0.2) is 4.98 Å². The van der Waals surface area contributed by atoms with Crippen LogP contribution in [0.25, 0.3) is 0 Å². The molecule has 1 heterocycles. The third-order valence-electron chi connectivity index (χ3n) is 3.36. The van der Waals surface area contributed by atoms with E-state index in [2.05, 4.69) is 54.4 Å². The second-order valence-electron chi connectivity index (χ2n) is 6.79. The van der Waals surface area contributed by atoms with E-state index in [9.17, 15) is 0 Å². The van der Waals surface area contributed by atoms with Gasteiger partial charge < -0.3 is 15.4 Å². The zero-order valence-electron chi connectivity index (χ0n) is 15.7. The van der Waals surface area contributed by atoms with Crippen LogP contribution >= 0.6 is 11.3 Å². The number of rotatable bonds is 6. The zero-order valence-corrected chi connectivity index (χ0v) is 16.5. The maximum absolute atomic E-state index is 6.03. The van der Waals surface area contributed by atoms with Crippen LogP contribution in [0, 0.1) is 6.92 Å². The molecule has 0 atom stereocenters. The molecule has 0 aliphatic heterocycles. The highest BCUT2D eigenvalue weighted by atomic mass is 32.1. The smallest absolute Gasteiger partial charge is 0.191 e. The number of aryl methyl sites for hydroxylation is 1. The molecule has 2 N–H and O–H groups in total. The standard InChI is InChI=1S/C19H28N4OS/c1-14-12-22-17(25-14)10-11-21-18(20-5)23-13-15-8-6-7-9-16(15)24-19(2,3)4/h6-9,12H,10-11,13H2,1-5H3,(H2,20,21,23). The Morgan fingerprint density at radius 2 is 2.00 bits per heavy atom. The van der Waals surface area contributed by atoms with Gasteiger partial charge in [-0.3, -0.25) is 4.99 Å². The van der Waals surface area contributed by atoms with Gasteiger partial charge in [0.2, 0.25) is 0 Å². The van der Waals surface area contributed by atoms with E-state index < -0.39 is 0 Å². The summed E-state index contributed by atoms with van der Waals surface area (Å²) in [4.78, 5) is 9.90. The highest BCUT2D eigenvalue weighted by Gasteiger charge is 2.14. The number of aromatic nitrogens is 1. The van der Waals surface area contributed by atoms with Crippen molar-refractivity contribution < 1.29 is 4.74 Å². The van der Waals surface area contributed by atoms with Crippen LogP contribution in [0.2, 0.25) is 0 Å². The molecule has 0 spiro atoms. The number of hydrogen-bond acceptors (Lipinski definition) is 4. The minimum absolute atomic E-state index is 0.220. The molecule has 0 saturated carbocycles. The SMILES string of the molecule is CN=C(NCCc1ncc(C)s1)NCc1ccccc1OC(C)(C)C. The van der Waals surface area contributed by atoms with Crippen molar-refractivity contribution in [1.82, 2.24) is 15.6 Å². The third kappa shape index (κ3) is 6.74. The van der Waals surface area contributed by atoms with Crippen molar-refractivity contribution in [3.63, 3.8) is 0 Å². The molecule has 25 heavy (non-hydrogen) atoms. The van der Waals surface area contributed by atoms with Gasteiger partial charge >= 0.3 is 0 Å². The Morgan fingerprint density at radius 3 is 2.64 bits per heavy atom. The lowest BCUT2D eigenvalue weighted by Gasteiger charge is -2.23. The molecule has 1 aromatic carbocycles. The topological polar surface area (TPSA) is 58.5 Å². The van der Waals surface area contributed by atoms with Gasteiger partial charge in [-0.05, 0) is 33.8 Å². The normalized spacial score (nSPS) is 12.1. The van der Waals surface area contributed by atoms with Gasteiger partial charge in [0, 0.05) is 43.2 Å². The molecular weight excluding hydrogens is 332 g/mol. The van der Waals surface area contributed by atoms with Crippen LogP contribution in [-0.4, -0.2) is 30.1 Å². The first kappa shape index (κ1) is 19.2. The lowest BCUT2D eigenvalue weighted by atomic mass is 10.1. The van der Waals surface area contributed by atoms with E-state index in [1.165, 1.54) is 4.88 Å². The number of guanidine groups is 1. The number of hydrogen-bond donors (Lipinski definition) is 2. The fourth-order valence-electron chi connectivity index (χ4n) is 2.28. The Bertz CT molecular complexity index is 703. The molecule has 2 aromatic rings. The van der Waals surface area contributed by atoms with E-state index in [0.29, 0.717) is 6.54 Å². The van der Waals surface area contributed by atoms with Crippen molar-refractivity contribution in [3.8, 4) is 5.75 Å². The maximum Gasteiger partial charge on any atom is 0.191 e. The van der Waals surface area contributed by atoms with E-state index in [4.69, 9.17) is 4.74 Å². The molecule has 0 amide bonds.